The van der Waals surface area contributed by atoms with Gasteiger partial charge < -0.3 is 15.4 Å². The Bertz CT molecular complexity index is 703. The van der Waals surface area contributed by atoms with Gasteiger partial charge in [0, 0.05) is 11.9 Å². The fourth-order valence-electron chi connectivity index (χ4n) is 1.82. The molecule has 0 saturated heterocycles. The first-order valence-corrected chi connectivity index (χ1v) is 8.29. The number of thiazole rings is 1. The summed E-state index contributed by atoms with van der Waals surface area (Å²) < 4.78 is 18.3. The van der Waals surface area contributed by atoms with E-state index in [4.69, 9.17) is 4.74 Å². The number of hydrogen-bond acceptors (Lipinski definition) is 5. The summed E-state index contributed by atoms with van der Waals surface area (Å²) in [6.07, 6.45) is 0. The van der Waals surface area contributed by atoms with Crippen LogP contribution in [-0.4, -0.2) is 29.4 Å². The molecule has 1 aromatic heterocycles. The number of nitrogens with zero attached hydrogens (tertiary/aromatic N) is 1. The molecule has 2 rings (SSSR count). The number of benzene rings is 1. The summed E-state index contributed by atoms with van der Waals surface area (Å²) in [5.74, 6) is -0.488. The largest absolute Gasteiger partial charge is 0.486 e. The molecule has 1 aromatic carbocycles. The van der Waals surface area contributed by atoms with Gasteiger partial charge in [-0.25, -0.2) is 9.37 Å². The van der Waals surface area contributed by atoms with Gasteiger partial charge in [-0.3, -0.25) is 9.59 Å². The van der Waals surface area contributed by atoms with E-state index in [9.17, 15) is 14.0 Å². The SMILES string of the molecule is CCNC(=O)[C@@H](C)NC(=O)c1csc(COc2ccc(F)cc2)n1. The van der Waals surface area contributed by atoms with Crippen molar-refractivity contribution >= 4 is 23.2 Å². The van der Waals surface area contributed by atoms with E-state index in [0.29, 0.717) is 17.3 Å². The first kappa shape index (κ1) is 17.9. The molecule has 0 bridgehead atoms. The topological polar surface area (TPSA) is 80.3 Å². The monoisotopic (exact) mass is 351 g/mol. The van der Waals surface area contributed by atoms with Crippen LogP contribution in [0.15, 0.2) is 29.6 Å². The molecule has 2 amide bonds. The summed E-state index contributed by atoms with van der Waals surface area (Å²) in [6.45, 7) is 4.09. The number of amides is 2. The van der Waals surface area contributed by atoms with E-state index in [1.807, 2.05) is 0 Å². The summed E-state index contributed by atoms with van der Waals surface area (Å²) in [5, 5.41) is 7.42. The summed E-state index contributed by atoms with van der Waals surface area (Å²) in [7, 11) is 0. The number of halogens is 1. The molecule has 128 valence electrons. The van der Waals surface area contributed by atoms with Gasteiger partial charge in [0.25, 0.3) is 5.91 Å². The molecule has 0 aliphatic heterocycles. The molecule has 1 heterocycles. The predicted molar refractivity (Wildman–Crippen MR) is 88.5 cm³/mol. The number of carbonyl (C=O) groups excluding carboxylic acids is 2. The van der Waals surface area contributed by atoms with Gasteiger partial charge in [0.05, 0.1) is 0 Å². The fourth-order valence-corrected chi connectivity index (χ4v) is 2.51. The molecule has 8 heteroatoms. The zero-order valence-corrected chi connectivity index (χ0v) is 14.2. The third-order valence-corrected chi connectivity index (χ3v) is 3.87. The molecule has 0 radical (unpaired) electrons. The molecule has 2 N–H and O–H groups in total. The van der Waals surface area contributed by atoms with Gasteiger partial charge >= 0.3 is 0 Å². The van der Waals surface area contributed by atoms with Gasteiger partial charge in [-0.15, -0.1) is 11.3 Å². The van der Waals surface area contributed by atoms with Crippen LogP contribution >= 0.6 is 11.3 Å². The lowest BCUT2D eigenvalue weighted by atomic mass is 10.3. The zero-order valence-electron chi connectivity index (χ0n) is 13.3. The number of hydrogen-bond donors (Lipinski definition) is 2. The summed E-state index contributed by atoms with van der Waals surface area (Å²) in [4.78, 5) is 27.8. The fraction of sp³-hybridized carbons (Fsp3) is 0.312. The van der Waals surface area contributed by atoms with Crippen molar-refractivity contribution in [3.63, 3.8) is 0 Å². The molecular weight excluding hydrogens is 333 g/mol. The second kappa shape index (κ2) is 8.39. The highest BCUT2D eigenvalue weighted by atomic mass is 32.1. The standard InChI is InChI=1S/C16H18FN3O3S/c1-3-18-15(21)10(2)19-16(22)13-9-24-14(20-13)8-23-12-6-4-11(17)5-7-12/h4-7,9-10H,3,8H2,1-2H3,(H,18,21)(H,19,22)/t10-/m1/s1. The average Bonchev–Trinajstić information content (AvgIpc) is 3.03. The Morgan fingerprint density at radius 3 is 2.71 bits per heavy atom. The number of ether oxygens (including phenoxy) is 1. The van der Waals surface area contributed by atoms with Crippen molar-refractivity contribution in [3.05, 3.63) is 46.2 Å². The molecule has 1 atom stereocenters. The lowest BCUT2D eigenvalue weighted by Gasteiger charge is -2.12. The molecule has 0 spiro atoms. The normalized spacial score (nSPS) is 11.6. The highest BCUT2D eigenvalue weighted by Crippen LogP contribution is 2.16. The van der Waals surface area contributed by atoms with Crippen LogP contribution in [0, 0.1) is 5.82 Å². The molecule has 6 nitrogen and oxygen atoms in total. The first-order valence-electron chi connectivity index (χ1n) is 7.41. The number of rotatable bonds is 7. The van der Waals surface area contributed by atoms with Crippen LogP contribution in [-0.2, 0) is 11.4 Å². The Balaban J connectivity index is 1.88. The van der Waals surface area contributed by atoms with Gasteiger partial charge in [0.1, 0.15) is 34.9 Å². The molecule has 0 saturated carbocycles. The van der Waals surface area contributed by atoms with E-state index in [1.165, 1.54) is 35.6 Å². The summed E-state index contributed by atoms with van der Waals surface area (Å²) >= 11 is 1.27. The van der Waals surface area contributed by atoms with Crippen LogP contribution < -0.4 is 15.4 Å². The van der Waals surface area contributed by atoms with E-state index in [-0.39, 0.29) is 24.0 Å². The smallest absolute Gasteiger partial charge is 0.271 e. The zero-order chi connectivity index (χ0) is 17.5. The van der Waals surface area contributed by atoms with Crippen molar-refractivity contribution < 1.29 is 18.7 Å². The summed E-state index contributed by atoms with van der Waals surface area (Å²) in [5.41, 5.74) is 0.230. The minimum Gasteiger partial charge on any atom is -0.486 e. The van der Waals surface area contributed by atoms with Gasteiger partial charge in [-0.1, -0.05) is 0 Å². The van der Waals surface area contributed by atoms with E-state index in [1.54, 1.807) is 19.2 Å². The second-order valence-electron chi connectivity index (χ2n) is 4.96. The number of nitrogens with one attached hydrogen (secondary N) is 2. The maximum atomic E-state index is 12.8. The molecule has 0 unspecified atom stereocenters. The quantitative estimate of drug-likeness (QED) is 0.801. The Morgan fingerprint density at radius 2 is 2.04 bits per heavy atom. The molecule has 0 aliphatic carbocycles. The van der Waals surface area contributed by atoms with Crippen molar-refractivity contribution in [3.8, 4) is 5.75 Å². The van der Waals surface area contributed by atoms with Gasteiger partial charge in [-0.2, -0.15) is 0 Å². The lowest BCUT2D eigenvalue weighted by Crippen LogP contribution is -2.44. The van der Waals surface area contributed by atoms with Gasteiger partial charge in [0.2, 0.25) is 5.91 Å². The van der Waals surface area contributed by atoms with Crippen molar-refractivity contribution in [1.82, 2.24) is 15.6 Å². The van der Waals surface area contributed by atoms with Crippen LogP contribution in [0.2, 0.25) is 0 Å². The van der Waals surface area contributed by atoms with Crippen LogP contribution in [0.25, 0.3) is 0 Å². The maximum Gasteiger partial charge on any atom is 0.271 e. The Kier molecular flexibility index (Phi) is 6.25. The van der Waals surface area contributed by atoms with Gasteiger partial charge in [0.15, 0.2) is 0 Å². The average molecular weight is 351 g/mol. The van der Waals surface area contributed by atoms with E-state index < -0.39 is 11.9 Å². The van der Waals surface area contributed by atoms with E-state index >= 15 is 0 Å². The first-order chi connectivity index (χ1) is 11.5. The molecular formula is C16H18FN3O3S. The lowest BCUT2D eigenvalue weighted by molar-refractivity contribution is -0.122. The summed E-state index contributed by atoms with van der Waals surface area (Å²) in [6, 6.07) is 5.00. The predicted octanol–water partition coefficient (Wildman–Crippen LogP) is 2.12. The van der Waals surface area contributed by atoms with Crippen molar-refractivity contribution in [1.29, 1.82) is 0 Å². The van der Waals surface area contributed by atoms with E-state index in [0.717, 1.165) is 0 Å². The van der Waals surface area contributed by atoms with Crippen molar-refractivity contribution in [2.75, 3.05) is 6.54 Å². The van der Waals surface area contributed by atoms with Gasteiger partial charge in [-0.05, 0) is 38.1 Å². The maximum absolute atomic E-state index is 12.8. The number of likely N-dealkylation sites (N-methyl/N-ethyl adjacent to an activating group) is 1. The van der Waals surface area contributed by atoms with Crippen LogP contribution in [0.3, 0.4) is 0 Å². The number of aromatic nitrogens is 1. The molecule has 2 aromatic rings. The molecule has 0 aliphatic rings. The van der Waals surface area contributed by atoms with Crippen LogP contribution in [0.5, 0.6) is 5.75 Å². The highest BCUT2D eigenvalue weighted by molar-refractivity contribution is 7.09. The van der Waals surface area contributed by atoms with E-state index in [2.05, 4.69) is 15.6 Å². The number of carbonyl (C=O) groups is 2. The Labute approximate surface area is 143 Å². The van der Waals surface area contributed by atoms with Crippen LogP contribution in [0.1, 0.15) is 29.3 Å². The van der Waals surface area contributed by atoms with Crippen molar-refractivity contribution in [2.24, 2.45) is 0 Å². The Morgan fingerprint density at radius 1 is 1.33 bits per heavy atom. The molecule has 0 fully saturated rings. The molecule has 24 heavy (non-hydrogen) atoms. The van der Waals surface area contributed by atoms with Crippen LogP contribution in [0.4, 0.5) is 4.39 Å². The third-order valence-electron chi connectivity index (χ3n) is 3.05. The minimum absolute atomic E-state index is 0.176. The van der Waals surface area contributed by atoms with Crippen molar-refractivity contribution in [2.45, 2.75) is 26.5 Å². The third kappa shape index (κ3) is 5.02. The second-order valence-corrected chi connectivity index (χ2v) is 5.90. The minimum atomic E-state index is -0.641. The highest BCUT2D eigenvalue weighted by Gasteiger charge is 2.18. The Hall–Kier alpha value is -2.48.